The van der Waals surface area contributed by atoms with Gasteiger partial charge in [-0.2, -0.15) is 0 Å². The summed E-state index contributed by atoms with van der Waals surface area (Å²) in [4.78, 5) is 2.35. The molecule has 3 unspecified atom stereocenters. The Hall–Kier alpha value is -0.940. The third-order valence-electron chi connectivity index (χ3n) is 3.99. The average Bonchev–Trinajstić information content (AvgIpc) is 2.45. The second-order valence-electron chi connectivity index (χ2n) is 5.87. The van der Waals surface area contributed by atoms with Crippen molar-refractivity contribution in [2.45, 2.75) is 38.1 Å². The zero-order valence-electron chi connectivity index (χ0n) is 12.5. The van der Waals surface area contributed by atoms with Crippen LogP contribution in [0, 0.1) is 0 Å². The molecule has 0 aliphatic carbocycles. The first-order chi connectivity index (χ1) is 9.53. The van der Waals surface area contributed by atoms with Gasteiger partial charge in [0.1, 0.15) is 5.60 Å². The van der Waals surface area contributed by atoms with E-state index in [1.807, 2.05) is 30.3 Å². The Balaban J connectivity index is 1.97. The Morgan fingerprint density at radius 2 is 1.85 bits per heavy atom. The van der Waals surface area contributed by atoms with Gasteiger partial charge in [0, 0.05) is 26.2 Å². The first kappa shape index (κ1) is 15.4. The molecule has 1 aromatic rings. The monoisotopic (exact) mass is 278 g/mol. The van der Waals surface area contributed by atoms with Crippen LogP contribution in [-0.4, -0.2) is 48.4 Å². The van der Waals surface area contributed by atoms with Gasteiger partial charge in [-0.1, -0.05) is 30.3 Å². The second-order valence-corrected chi connectivity index (χ2v) is 5.87. The highest BCUT2D eigenvalue weighted by Gasteiger charge is 2.29. The quantitative estimate of drug-likeness (QED) is 0.853. The highest BCUT2D eigenvalue weighted by molar-refractivity contribution is 5.22. The first-order valence-corrected chi connectivity index (χ1v) is 7.39. The van der Waals surface area contributed by atoms with Gasteiger partial charge in [-0.25, -0.2) is 0 Å². The summed E-state index contributed by atoms with van der Waals surface area (Å²) in [6.45, 7) is 7.09. The van der Waals surface area contributed by atoms with Crippen LogP contribution in [0.5, 0.6) is 0 Å². The summed E-state index contributed by atoms with van der Waals surface area (Å²) in [5.74, 6) is 0. The predicted molar refractivity (Wildman–Crippen MR) is 80.5 cm³/mol. The molecule has 1 aliphatic rings. The molecule has 0 saturated carbocycles. The normalized spacial score (nSPS) is 27.2. The third kappa shape index (κ3) is 3.79. The fourth-order valence-electron chi connectivity index (χ4n) is 2.92. The van der Waals surface area contributed by atoms with Gasteiger partial charge in [0.25, 0.3) is 0 Å². The van der Waals surface area contributed by atoms with Crippen molar-refractivity contribution in [3.8, 4) is 0 Å². The van der Waals surface area contributed by atoms with Crippen LogP contribution in [0.3, 0.4) is 0 Å². The van der Waals surface area contributed by atoms with E-state index in [-0.39, 0.29) is 18.8 Å². The van der Waals surface area contributed by atoms with Crippen LogP contribution in [0.25, 0.3) is 0 Å². The zero-order chi connectivity index (χ0) is 14.6. The summed E-state index contributed by atoms with van der Waals surface area (Å²) in [6.07, 6.45) is 1.15. The summed E-state index contributed by atoms with van der Waals surface area (Å²) in [5, 5.41) is 10.8. The van der Waals surface area contributed by atoms with Crippen LogP contribution in [-0.2, 0) is 10.3 Å². The number of nitrogens with zero attached hydrogens (tertiary/aromatic N) is 1. The van der Waals surface area contributed by atoms with Crippen LogP contribution in [0.1, 0.15) is 25.8 Å². The van der Waals surface area contributed by atoms with Gasteiger partial charge in [-0.3, -0.25) is 4.90 Å². The molecule has 0 aromatic heterocycles. The molecule has 4 nitrogen and oxygen atoms in total. The number of morpholine rings is 1. The molecule has 3 N–H and O–H groups in total. The molecule has 0 radical (unpaired) electrons. The molecule has 1 aliphatic heterocycles. The zero-order valence-corrected chi connectivity index (χ0v) is 12.5. The molecular formula is C16H26N2O2. The Morgan fingerprint density at radius 3 is 2.40 bits per heavy atom. The fourth-order valence-corrected chi connectivity index (χ4v) is 2.92. The number of nitrogens with two attached hydrogens (primary N) is 1. The minimum Gasteiger partial charge on any atom is -0.384 e. The standard InChI is InChI=1S/C16H26N2O2/c1-13-10-18(11-14(2)20-13)9-8-16(19,12-17)15-6-4-3-5-7-15/h3-7,13-14,19H,8-12,17H2,1-2H3. The molecule has 1 aromatic carbocycles. The lowest BCUT2D eigenvalue weighted by atomic mass is 9.90. The smallest absolute Gasteiger partial charge is 0.103 e. The van der Waals surface area contributed by atoms with Gasteiger partial charge in [-0.05, 0) is 25.8 Å². The van der Waals surface area contributed by atoms with E-state index in [2.05, 4.69) is 18.7 Å². The number of hydrogen-bond donors (Lipinski definition) is 2. The Bertz CT molecular complexity index is 402. The Kier molecular flexibility index (Phi) is 5.16. The molecule has 0 spiro atoms. The minimum atomic E-state index is -0.938. The van der Waals surface area contributed by atoms with E-state index in [9.17, 15) is 5.11 Å². The second kappa shape index (κ2) is 6.68. The van der Waals surface area contributed by atoms with Gasteiger partial charge in [0.2, 0.25) is 0 Å². The van der Waals surface area contributed by atoms with Crippen LogP contribution >= 0.6 is 0 Å². The molecular weight excluding hydrogens is 252 g/mol. The number of hydrogen-bond acceptors (Lipinski definition) is 4. The summed E-state index contributed by atoms with van der Waals surface area (Å²) >= 11 is 0. The van der Waals surface area contributed by atoms with Crippen molar-refractivity contribution in [3.63, 3.8) is 0 Å². The molecule has 0 amide bonds. The maximum atomic E-state index is 10.8. The SMILES string of the molecule is CC1CN(CCC(O)(CN)c2ccccc2)CC(C)O1. The molecule has 0 bridgehead atoms. The van der Waals surface area contributed by atoms with E-state index in [0.717, 1.165) is 25.2 Å². The molecule has 3 atom stereocenters. The molecule has 20 heavy (non-hydrogen) atoms. The van der Waals surface area contributed by atoms with Crippen LogP contribution in [0.2, 0.25) is 0 Å². The lowest BCUT2D eigenvalue weighted by molar-refractivity contribution is -0.0749. The van der Waals surface area contributed by atoms with Crippen LogP contribution in [0.15, 0.2) is 30.3 Å². The van der Waals surface area contributed by atoms with Gasteiger partial charge in [0.15, 0.2) is 0 Å². The van der Waals surface area contributed by atoms with Gasteiger partial charge in [-0.15, -0.1) is 0 Å². The van der Waals surface area contributed by atoms with Crippen molar-refractivity contribution in [2.24, 2.45) is 5.73 Å². The Labute approximate surface area is 121 Å². The molecule has 4 heteroatoms. The molecule has 1 saturated heterocycles. The maximum absolute atomic E-state index is 10.8. The first-order valence-electron chi connectivity index (χ1n) is 7.39. The molecule has 1 fully saturated rings. The Morgan fingerprint density at radius 1 is 1.25 bits per heavy atom. The topological polar surface area (TPSA) is 58.7 Å². The van der Waals surface area contributed by atoms with Crippen molar-refractivity contribution in [3.05, 3.63) is 35.9 Å². The summed E-state index contributed by atoms with van der Waals surface area (Å²) in [5.41, 5.74) is 5.78. The van der Waals surface area contributed by atoms with E-state index in [0.29, 0.717) is 6.42 Å². The summed E-state index contributed by atoms with van der Waals surface area (Å²) in [6, 6.07) is 9.71. The summed E-state index contributed by atoms with van der Waals surface area (Å²) in [7, 11) is 0. The van der Waals surface area contributed by atoms with E-state index in [1.54, 1.807) is 0 Å². The lowest BCUT2D eigenvalue weighted by Crippen LogP contribution is -2.47. The molecule has 112 valence electrons. The number of benzene rings is 1. The van der Waals surface area contributed by atoms with Crippen LogP contribution < -0.4 is 5.73 Å². The van der Waals surface area contributed by atoms with Gasteiger partial charge in [0.05, 0.1) is 12.2 Å². The predicted octanol–water partition coefficient (Wildman–Crippen LogP) is 1.33. The van der Waals surface area contributed by atoms with Gasteiger partial charge >= 0.3 is 0 Å². The highest BCUT2D eigenvalue weighted by atomic mass is 16.5. The fraction of sp³-hybridized carbons (Fsp3) is 0.625. The van der Waals surface area contributed by atoms with E-state index in [1.165, 1.54) is 0 Å². The number of aliphatic hydroxyl groups is 1. The lowest BCUT2D eigenvalue weighted by Gasteiger charge is -2.37. The largest absolute Gasteiger partial charge is 0.384 e. The third-order valence-corrected chi connectivity index (χ3v) is 3.99. The minimum absolute atomic E-state index is 0.243. The molecule has 1 heterocycles. The number of rotatable bonds is 5. The van der Waals surface area contributed by atoms with E-state index >= 15 is 0 Å². The summed E-state index contributed by atoms with van der Waals surface area (Å²) < 4.78 is 5.73. The van der Waals surface area contributed by atoms with Crippen molar-refractivity contribution in [1.82, 2.24) is 4.90 Å². The van der Waals surface area contributed by atoms with Gasteiger partial charge < -0.3 is 15.6 Å². The van der Waals surface area contributed by atoms with Crippen LogP contribution in [0.4, 0.5) is 0 Å². The van der Waals surface area contributed by atoms with Crippen molar-refractivity contribution in [1.29, 1.82) is 0 Å². The van der Waals surface area contributed by atoms with E-state index < -0.39 is 5.60 Å². The maximum Gasteiger partial charge on any atom is 0.103 e. The highest BCUT2D eigenvalue weighted by Crippen LogP contribution is 2.24. The van der Waals surface area contributed by atoms with Crippen molar-refractivity contribution in [2.75, 3.05) is 26.2 Å². The molecule has 2 rings (SSSR count). The van der Waals surface area contributed by atoms with Crippen molar-refractivity contribution >= 4 is 0 Å². The van der Waals surface area contributed by atoms with E-state index in [4.69, 9.17) is 10.5 Å². The number of ether oxygens (including phenoxy) is 1. The van der Waals surface area contributed by atoms with Crippen molar-refractivity contribution < 1.29 is 9.84 Å². The average molecular weight is 278 g/mol.